The van der Waals surface area contributed by atoms with Crippen LogP contribution in [0.4, 0.5) is 9.18 Å². The molecule has 29 heavy (non-hydrogen) atoms. The molecule has 2 aromatic rings. The van der Waals surface area contributed by atoms with Gasteiger partial charge in [0.05, 0.1) is 12.2 Å². The van der Waals surface area contributed by atoms with Crippen LogP contribution < -0.4 is 9.47 Å². The highest BCUT2D eigenvalue weighted by Crippen LogP contribution is 2.49. The van der Waals surface area contributed by atoms with Gasteiger partial charge in [0.2, 0.25) is 0 Å². The van der Waals surface area contributed by atoms with Gasteiger partial charge in [-0.3, -0.25) is 0 Å². The predicted molar refractivity (Wildman–Crippen MR) is 107 cm³/mol. The lowest BCUT2D eigenvalue weighted by Gasteiger charge is -2.32. The molecule has 2 aliphatic rings. The molecule has 0 N–H and O–H groups in total. The molecule has 0 saturated carbocycles. The first-order valence-corrected chi connectivity index (χ1v) is 10.2. The first-order chi connectivity index (χ1) is 13.9. The molecule has 2 aliphatic heterocycles. The number of likely N-dealkylation sites (tertiary alicyclic amines) is 1. The molecular weight excluding hydrogens is 397 g/mol. The lowest BCUT2D eigenvalue weighted by molar-refractivity contribution is -0.0711. The monoisotopic (exact) mass is 419 g/mol. The van der Waals surface area contributed by atoms with Crippen molar-refractivity contribution in [2.24, 2.45) is 0 Å². The van der Waals surface area contributed by atoms with E-state index in [4.69, 9.17) is 25.8 Å². The highest BCUT2D eigenvalue weighted by Gasteiger charge is 2.43. The van der Waals surface area contributed by atoms with Gasteiger partial charge < -0.3 is 19.1 Å². The summed E-state index contributed by atoms with van der Waals surface area (Å²) < 4.78 is 31.8. The van der Waals surface area contributed by atoms with Crippen LogP contribution in [0.1, 0.15) is 43.7 Å². The topological polar surface area (TPSA) is 48.0 Å². The van der Waals surface area contributed by atoms with Crippen LogP contribution in [0.15, 0.2) is 36.4 Å². The molecule has 0 aromatic heterocycles. The number of piperidine rings is 1. The van der Waals surface area contributed by atoms with Crippen LogP contribution in [-0.2, 0) is 10.5 Å². The molecule has 1 atom stereocenters. The number of hydrogen-bond acceptors (Lipinski definition) is 4. The lowest BCUT2D eigenvalue weighted by atomic mass is 9.89. The van der Waals surface area contributed by atoms with Gasteiger partial charge in [0, 0.05) is 30.6 Å². The summed E-state index contributed by atoms with van der Waals surface area (Å²) in [5.74, 6) is -0.293. The Labute approximate surface area is 174 Å². The second-order valence-corrected chi connectivity index (χ2v) is 7.85. The smallest absolute Gasteiger partial charge is 0.409 e. The van der Waals surface area contributed by atoms with E-state index < -0.39 is 11.6 Å². The molecule has 1 amide bonds. The van der Waals surface area contributed by atoms with Gasteiger partial charge in [0.15, 0.2) is 11.5 Å². The molecule has 7 heteroatoms. The Morgan fingerprint density at radius 2 is 2.03 bits per heavy atom. The zero-order valence-electron chi connectivity index (χ0n) is 16.4. The van der Waals surface area contributed by atoms with Crippen LogP contribution in [-0.4, -0.2) is 30.7 Å². The van der Waals surface area contributed by atoms with E-state index in [-0.39, 0.29) is 12.0 Å². The Hall–Kier alpha value is -2.47. The van der Waals surface area contributed by atoms with Gasteiger partial charge in [0.25, 0.3) is 5.79 Å². The SMILES string of the molecule is CCOC(=O)N1CCC(c2cccc3c2OC(C)(c2ccc(Cl)cc2F)O3)CC1. The van der Waals surface area contributed by atoms with Crippen molar-refractivity contribution in [2.75, 3.05) is 19.7 Å². The number of halogens is 2. The van der Waals surface area contributed by atoms with Gasteiger partial charge in [-0.15, -0.1) is 0 Å². The Balaban J connectivity index is 1.55. The van der Waals surface area contributed by atoms with Crippen LogP contribution in [0.2, 0.25) is 5.02 Å². The molecule has 1 fully saturated rings. The molecule has 0 aliphatic carbocycles. The molecule has 2 aromatic carbocycles. The third kappa shape index (κ3) is 3.73. The number of rotatable bonds is 3. The number of ether oxygens (including phenoxy) is 3. The predicted octanol–water partition coefficient (Wildman–Crippen LogP) is 5.46. The number of hydrogen-bond donors (Lipinski definition) is 0. The van der Waals surface area contributed by atoms with E-state index in [2.05, 4.69) is 0 Å². The van der Waals surface area contributed by atoms with Crippen LogP contribution >= 0.6 is 11.6 Å². The minimum Gasteiger partial charge on any atom is -0.450 e. The van der Waals surface area contributed by atoms with Crippen molar-refractivity contribution in [2.45, 2.75) is 38.4 Å². The van der Waals surface area contributed by atoms with Gasteiger partial charge in [-0.1, -0.05) is 23.7 Å². The van der Waals surface area contributed by atoms with E-state index in [0.717, 1.165) is 18.4 Å². The number of carbonyl (C=O) groups excluding carboxylic acids is 1. The normalized spacial score (nSPS) is 21.3. The van der Waals surface area contributed by atoms with E-state index in [1.165, 1.54) is 6.07 Å². The van der Waals surface area contributed by atoms with Gasteiger partial charge in [0.1, 0.15) is 5.82 Å². The van der Waals surface area contributed by atoms with Crippen LogP contribution in [0, 0.1) is 5.82 Å². The molecule has 1 saturated heterocycles. The van der Waals surface area contributed by atoms with E-state index in [1.807, 2.05) is 18.2 Å². The largest absolute Gasteiger partial charge is 0.450 e. The summed E-state index contributed by atoms with van der Waals surface area (Å²) in [6.07, 6.45) is 1.32. The minimum atomic E-state index is -1.27. The van der Waals surface area contributed by atoms with E-state index >= 15 is 0 Å². The summed E-state index contributed by atoms with van der Waals surface area (Å²) in [6, 6.07) is 10.2. The van der Waals surface area contributed by atoms with Gasteiger partial charge >= 0.3 is 6.09 Å². The van der Waals surface area contributed by atoms with Crippen molar-refractivity contribution in [1.29, 1.82) is 0 Å². The van der Waals surface area contributed by atoms with Crippen LogP contribution in [0.3, 0.4) is 0 Å². The van der Waals surface area contributed by atoms with Crippen LogP contribution in [0.25, 0.3) is 0 Å². The Bertz CT molecular complexity index is 929. The highest BCUT2D eigenvalue weighted by molar-refractivity contribution is 6.30. The molecule has 0 radical (unpaired) electrons. The number of amides is 1. The van der Waals surface area contributed by atoms with E-state index in [9.17, 15) is 9.18 Å². The summed E-state index contributed by atoms with van der Waals surface area (Å²) in [4.78, 5) is 13.7. The maximum Gasteiger partial charge on any atom is 0.409 e. The maximum atomic E-state index is 14.5. The highest BCUT2D eigenvalue weighted by atomic mass is 35.5. The first kappa shape index (κ1) is 19.8. The van der Waals surface area contributed by atoms with Crippen molar-refractivity contribution in [3.8, 4) is 11.5 Å². The molecule has 0 bridgehead atoms. The first-order valence-electron chi connectivity index (χ1n) is 9.79. The molecule has 2 heterocycles. The second-order valence-electron chi connectivity index (χ2n) is 7.41. The standard InChI is InChI=1S/C22H23ClFNO4/c1-3-27-21(26)25-11-9-14(10-12-25)16-5-4-6-19-20(16)29-22(2,28-19)17-8-7-15(23)13-18(17)24/h4-8,13-14H,3,9-12H2,1-2H3. The van der Waals surface area contributed by atoms with Crippen molar-refractivity contribution in [3.63, 3.8) is 0 Å². The molecule has 1 unspecified atom stereocenters. The Kier molecular flexibility index (Phi) is 5.30. The molecule has 4 rings (SSSR count). The Morgan fingerprint density at radius 3 is 2.72 bits per heavy atom. The number of nitrogens with zero attached hydrogens (tertiary/aromatic N) is 1. The van der Waals surface area contributed by atoms with E-state index in [0.29, 0.717) is 41.8 Å². The lowest BCUT2D eigenvalue weighted by Crippen LogP contribution is -2.38. The van der Waals surface area contributed by atoms with Gasteiger partial charge in [-0.25, -0.2) is 9.18 Å². The second kappa shape index (κ2) is 7.75. The molecule has 0 spiro atoms. The van der Waals surface area contributed by atoms with Crippen molar-refractivity contribution < 1.29 is 23.4 Å². The molecular formula is C22H23ClFNO4. The maximum absolute atomic E-state index is 14.5. The summed E-state index contributed by atoms with van der Waals surface area (Å²) in [7, 11) is 0. The van der Waals surface area contributed by atoms with Crippen molar-refractivity contribution >= 4 is 17.7 Å². The summed E-state index contributed by atoms with van der Waals surface area (Å²) in [5, 5.41) is 0.319. The third-order valence-corrected chi connectivity index (χ3v) is 5.73. The number of para-hydroxylation sites is 1. The fourth-order valence-corrected chi connectivity index (χ4v) is 4.18. The zero-order valence-corrected chi connectivity index (χ0v) is 17.2. The van der Waals surface area contributed by atoms with Gasteiger partial charge in [-0.05, 0) is 49.9 Å². The number of fused-ring (bicyclic) bond motifs is 1. The third-order valence-electron chi connectivity index (χ3n) is 5.49. The average Bonchev–Trinajstić information content (AvgIpc) is 3.05. The average molecular weight is 420 g/mol. The number of benzene rings is 2. The summed E-state index contributed by atoms with van der Waals surface area (Å²) >= 11 is 5.88. The number of carbonyl (C=O) groups is 1. The molecule has 154 valence electrons. The van der Waals surface area contributed by atoms with Crippen molar-refractivity contribution in [1.82, 2.24) is 4.90 Å². The van der Waals surface area contributed by atoms with Gasteiger partial charge in [-0.2, -0.15) is 0 Å². The Morgan fingerprint density at radius 1 is 1.28 bits per heavy atom. The van der Waals surface area contributed by atoms with Crippen LogP contribution in [0.5, 0.6) is 11.5 Å². The zero-order chi connectivity index (χ0) is 20.6. The quantitative estimate of drug-likeness (QED) is 0.662. The fraction of sp³-hybridized carbons (Fsp3) is 0.409. The summed E-state index contributed by atoms with van der Waals surface area (Å²) in [6.45, 7) is 5.12. The minimum absolute atomic E-state index is 0.219. The van der Waals surface area contributed by atoms with Crippen molar-refractivity contribution in [3.05, 3.63) is 58.4 Å². The molecule has 5 nitrogen and oxygen atoms in total. The van der Waals surface area contributed by atoms with E-state index in [1.54, 1.807) is 30.9 Å². The fourth-order valence-electron chi connectivity index (χ4n) is 4.02. The summed E-state index contributed by atoms with van der Waals surface area (Å²) in [5.41, 5.74) is 1.31.